The van der Waals surface area contributed by atoms with Crippen LogP contribution in [0.5, 0.6) is 5.75 Å². The van der Waals surface area contributed by atoms with Crippen LogP contribution in [0, 0.1) is 13.8 Å². The van der Waals surface area contributed by atoms with Crippen molar-refractivity contribution in [2.75, 3.05) is 13.7 Å². The quantitative estimate of drug-likeness (QED) is 0.795. The number of ether oxygens (including phenoxy) is 2. The molecule has 0 N–H and O–H groups in total. The molecular formula is C15H17NO3. The summed E-state index contributed by atoms with van der Waals surface area (Å²) in [5.74, 6) is 0.114. The summed E-state index contributed by atoms with van der Waals surface area (Å²) < 4.78 is 10.4. The van der Waals surface area contributed by atoms with E-state index in [0.717, 1.165) is 22.0 Å². The number of nitrogens with zero attached hydrogens (tertiary/aromatic N) is 1. The number of aromatic nitrogens is 1. The second kappa shape index (κ2) is 5.26. The molecule has 0 radical (unpaired) electrons. The summed E-state index contributed by atoms with van der Waals surface area (Å²) in [5, 5.41) is 0.838. The second-order valence-electron chi connectivity index (χ2n) is 4.40. The summed E-state index contributed by atoms with van der Waals surface area (Å²) in [6.45, 7) is 6.09. The van der Waals surface area contributed by atoms with E-state index in [1.807, 2.05) is 19.9 Å². The van der Waals surface area contributed by atoms with Crippen molar-refractivity contribution in [1.82, 2.24) is 4.98 Å². The van der Waals surface area contributed by atoms with Crippen LogP contribution in [0.3, 0.4) is 0 Å². The van der Waals surface area contributed by atoms with E-state index in [2.05, 4.69) is 11.1 Å². The number of esters is 1. The van der Waals surface area contributed by atoms with Crippen molar-refractivity contribution in [3.8, 4) is 5.75 Å². The largest absolute Gasteiger partial charge is 0.495 e. The summed E-state index contributed by atoms with van der Waals surface area (Å²) >= 11 is 0. The molecule has 0 fully saturated rings. The van der Waals surface area contributed by atoms with Crippen LogP contribution in [0.1, 0.15) is 28.4 Å². The third kappa shape index (κ3) is 2.38. The Balaban J connectivity index is 2.72. The number of pyridine rings is 1. The highest BCUT2D eigenvalue weighted by Crippen LogP contribution is 2.31. The Bertz CT molecular complexity index is 635. The van der Waals surface area contributed by atoms with Crippen molar-refractivity contribution in [2.45, 2.75) is 20.8 Å². The summed E-state index contributed by atoms with van der Waals surface area (Å²) in [4.78, 5) is 16.2. The van der Waals surface area contributed by atoms with Gasteiger partial charge in [-0.3, -0.25) is 4.98 Å². The Morgan fingerprint density at radius 2 is 2.05 bits per heavy atom. The Morgan fingerprint density at radius 1 is 1.32 bits per heavy atom. The van der Waals surface area contributed by atoms with Crippen molar-refractivity contribution >= 4 is 16.9 Å². The maximum atomic E-state index is 11.9. The molecule has 1 heterocycles. The molecule has 0 amide bonds. The van der Waals surface area contributed by atoms with Crippen LogP contribution in [0.25, 0.3) is 10.9 Å². The molecule has 0 atom stereocenters. The lowest BCUT2D eigenvalue weighted by Crippen LogP contribution is -2.08. The third-order valence-electron chi connectivity index (χ3n) is 2.96. The highest BCUT2D eigenvalue weighted by Gasteiger charge is 2.18. The smallest absolute Gasteiger partial charge is 0.343 e. The van der Waals surface area contributed by atoms with Gasteiger partial charge in [-0.15, -0.1) is 0 Å². The molecule has 0 spiro atoms. The highest BCUT2D eigenvalue weighted by molar-refractivity contribution is 6.00. The van der Waals surface area contributed by atoms with E-state index < -0.39 is 5.97 Å². The molecule has 0 saturated carbocycles. The van der Waals surface area contributed by atoms with Crippen LogP contribution in [-0.4, -0.2) is 24.7 Å². The van der Waals surface area contributed by atoms with E-state index in [4.69, 9.17) is 9.47 Å². The Hall–Kier alpha value is -2.10. The molecule has 1 aromatic carbocycles. The maximum Gasteiger partial charge on any atom is 0.343 e. The second-order valence-corrected chi connectivity index (χ2v) is 4.40. The average Bonchev–Trinajstić information content (AvgIpc) is 2.37. The van der Waals surface area contributed by atoms with Gasteiger partial charge < -0.3 is 9.47 Å². The molecule has 4 heteroatoms. The summed E-state index contributed by atoms with van der Waals surface area (Å²) in [6.07, 6.45) is 1.52. The van der Waals surface area contributed by atoms with Crippen molar-refractivity contribution < 1.29 is 14.3 Å². The van der Waals surface area contributed by atoms with Gasteiger partial charge in [0, 0.05) is 11.6 Å². The van der Waals surface area contributed by atoms with Crippen LogP contribution >= 0.6 is 0 Å². The van der Waals surface area contributed by atoms with Crippen LogP contribution in [-0.2, 0) is 4.74 Å². The van der Waals surface area contributed by atoms with Crippen molar-refractivity contribution in [3.05, 3.63) is 35.0 Å². The first kappa shape index (κ1) is 13.3. The normalized spacial score (nSPS) is 10.5. The SMILES string of the molecule is CCOC(=O)c1cnc2c(C)cc(C)cc2c1OC. The van der Waals surface area contributed by atoms with Crippen LogP contribution < -0.4 is 4.74 Å². The molecule has 19 heavy (non-hydrogen) atoms. The molecule has 0 aliphatic rings. The van der Waals surface area contributed by atoms with Crippen molar-refractivity contribution in [2.24, 2.45) is 0 Å². The molecule has 4 nitrogen and oxygen atoms in total. The standard InChI is InChI=1S/C15H17NO3/c1-5-19-15(17)12-8-16-13-10(3)6-9(2)7-11(13)14(12)18-4/h6-8H,5H2,1-4H3. The Labute approximate surface area is 112 Å². The fourth-order valence-corrected chi connectivity index (χ4v) is 2.21. The molecule has 0 unspecified atom stereocenters. The lowest BCUT2D eigenvalue weighted by molar-refractivity contribution is 0.0522. The van der Waals surface area contributed by atoms with E-state index in [-0.39, 0.29) is 0 Å². The predicted molar refractivity (Wildman–Crippen MR) is 73.7 cm³/mol. The molecule has 2 rings (SSSR count). The summed E-state index contributed by atoms with van der Waals surface area (Å²) in [5.41, 5.74) is 3.37. The van der Waals surface area contributed by atoms with Gasteiger partial charge in [0.1, 0.15) is 11.3 Å². The van der Waals surface area contributed by atoms with Gasteiger partial charge in [-0.1, -0.05) is 6.07 Å². The molecule has 0 saturated heterocycles. The fourth-order valence-electron chi connectivity index (χ4n) is 2.21. The number of aryl methyl sites for hydroxylation is 2. The van der Waals surface area contributed by atoms with Crippen LogP contribution in [0.4, 0.5) is 0 Å². The van der Waals surface area contributed by atoms with Crippen LogP contribution in [0.2, 0.25) is 0 Å². The minimum Gasteiger partial charge on any atom is -0.495 e. The number of fused-ring (bicyclic) bond motifs is 1. The molecule has 1 aromatic heterocycles. The van der Waals surface area contributed by atoms with Gasteiger partial charge in [-0.05, 0) is 38.0 Å². The topological polar surface area (TPSA) is 48.4 Å². The summed E-state index contributed by atoms with van der Waals surface area (Å²) in [7, 11) is 1.55. The van der Waals surface area contributed by atoms with E-state index in [1.165, 1.54) is 6.20 Å². The first-order chi connectivity index (χ1) is 9.08. The first-order valence-electron chi connectivity index (χ1n) is 6.19. The van der Waals surface area contributed by atoms with E-state index >= 15 is 0 Å². The van der Waals surface area contributed by atoms with E-state index in [9.17, 15) is 4.79 Å². The molecule has 0 aliphatic heterocycles. The highest BCUT2D eigenvalue weighted by atomic mass is 16.5. The number of methoxy groups -OCH3 is 1. The summed E-state index contributed by atoms with van der Waals surface area (Å²) in [6, 6.07) is 4.02. The lowest BCUT2D eigenvalue weighted by atomic mass is 10.0. The lowest BCUT2D eigenvalue weighted by Gasteiger charge is -2.12. The van der Waals surface area contributed by atoms with Crippen LogP contribution in [0.15, 0.2) is 18.3 Å². The van der Waals surface area contributed by atoms with Crippen molar-refractivity contribution in [3.63, 3.8) is 0 Å². The van der Waals surface area contributed by atoms with Gasteiger partial charge in [0.05, 0.1) is 19.2 Å². The minimum atomic E-state index is -0.409. The first-order valence-corrected chi connectivity index (χ1v) is 6.19. The average molecular weight is 259 g/mol. The number of carbonyl (C=O) groups is 1. The number of carbonyl (C=O) groups excluding carboxylic acids is 1. The molecule has 0 aliphatic carbocycles. The van der Waals surface area contributed by atoms with Gasteiger partial charge in [-0.25, -0.2) is 4.79 Å². The van der Waals surface area contributed by atoms with Crippen molar-refractivity contribution in [1.29, 1.82) is 0 Å². The molecule has 2 aromatic rings. The fraction of sp³-hybridized carbons (Fsp3) is 0.333. The minimum absolute atomic E-state index is 0.326. The van der Waals surface area contributed by atoms with Gasteiger partial charge in [0.2, 0.25) is 0 Å². The molecule has 0 bridgehead atoms. The number of hydrogen-bond donors (Lipinski definition) is 0. The van der Waals surface area contributed by atoms with Gasteiger partial charge >= 0.3 is 5.97 Å². The zero-order valence-corrected chi connectivity index (χ0v) is 11.6. The number of rotatable bonds is 3. The number of benzene rings is 1. The third-order valence-corrected chi connectivity index (χ3v) is 2.96. The zero-order valence-electron chi connectivity index (χ0n) is 11.6. The van der Waals surface area contributed by atoms with E-state index in [1.54, 1.807) is 14.0 Å². The Morgan fingerprint density at radius 3 is 2.68 bits per heavy atom. The van der Waals surface area contributed by atoms with Gasteiger partial charge in [0.15, 0.2) is 0 Å². The zero-order chi connectivity index (χ0) is 14.0. The van der Waals surface area contributed by atoms with E-state index in [0.29, 0.717) is 17.9 Å². The van der Waals surface area contributed by atoms with Gasteiger partial charge in [0.25, 0.3) is 0 Å². The molecule has 100 valence electrons. The molecular weight excluding hydrogens is 242 g/mol. The Kier molecular flexibility index (Phi) is 3.69. The monoisotopic (exact) mass is 259 g/mol. The predicted octanol–water partition coefficient (Wildman–Crippen LogP) is 3.04. The van der Waals surface area contributed by atoms with Gasteiger partial charge in [-0.2, -0.15) is 0 Å². The maximum absolute atomic E-state index is 11.9. The number of hydrogen-bond acceptors (Lipinski definition) is 4.